The molecule has 0 aromatic carbocycles. The average molecular weight is 267 g/mol. The van der Waals surface area contributed by atoms with Gasteiger partial charge in [-0.1, -0.05) is 6.92 Å². The highest BCUT2D eigenvalue weighted by Crippen LogP contribution is 2.36. The van der Waals surface area contributed by atoms with Crippen LogP contribution in [0.4, 0.5) is 0 Å². The third-order valence-corrected chi connectivity index (χ3v) is 3.95. The molecule has 1 aromatic rings. The Labute approximate surface area is 113 Å². The monoisotopic (exact) mass is 267 g/mol. The summed E-state index contributed by atoms with van der Waals surface area (Å²) in [7, 11) is 1.72. The highest BCUT2D eigenvalue weighted by molar-refractivity contribution is 7.10. The zero-order chi connectivity index (χ0) is 12.8. The fourth-order valence-corrected chi connectivity index (χ4v) is 3.02. The number of nitrogens with one attached hydrogen (secondary N) is 1. The number of hydrogen-bond acceptors (Lipinski definition) is 4. The van der Waals surface area contributed by atoms with E-state index in [4.69, 9.17) is 9.47 Å². The molecule has 0 bridgehead atoms. The maximum Gasteiger partial charge on any atom is 0.134 e. The Balaban J connectivity index is 2.21. The molecule has 1 unspecified atom stereocenters. The molecular formula is C14H21NO2S. The minimum Gasteiger partial charge on any atom is -0.496 e. The van der Waals surface area contributed by atoms with Crippen molar-refractivity contribution in [2.24, 2.45) is 0 Å². The molecule has 0 saturated carbocycles. The second-order valence-corrected chi connectivity index (χ2v) is 5.29. The first-order valence-corrected chi connectivity index (χ1v) is 7.42. The van der Waals surface area contributed by atoms with E-state index in [1.807, 2.05) is 6.07 Å². The van der Waals surface area contributed by atoms with Gasteiger partial charge in [-0.25, -0.2) is 0 Å². The smallest absolute Gasteiger partial charge is 0.134 e. The Bertz CT molecular complexity index is 400. The molecule has 100 valence electrons. The minimum atomic E-state index is 0.139. The molecule has 0 aliphatic carbocycles. The van der Waals surface area contributed by atoms with Crippen LogP contribution in [0.3, 0.4) is 0 Å². The molecule has 2 heterocycles. The predicted octanol–water partition coefficient (Wildman–Crippen LogP) is 3.49. The molecule has 1 aromatic heterocycles. The van der Waals surface area contributed by atoms with Gasteiger partial charge >= 0.3 is 0 Å². The van der Waals surface area contributed by atoms with Gasteiger partial charge in [0.2, 0.25) is 0 Å². The lowest BCUT2D eigenvalue weighted by Gasteiger charge is -2.24. The Morgan fingerprint density at radius 2 is 2.44 bits per heavy atom. The molecule has 0 radical (unpaired) electrons. The average Bonchev–Trinajstić information content (AvgIpc) is 2.89. The van der Waals surface area contributed by atoms with Crippen LogP contribution in [0.15, 0.2) is 23.3 Å². The summed E-state index contributed by atoms with van der Waals surface area (Å²) in [6, 6.07) is 2.16. The Morgan fingerprint density at radius 3 is 3.11 bits per heavy atom. The maximum atomic E-state index is 5.81. The van der Waals surface area contributed by atoms with Crippen molar-refractivity contribution in [3.05, 3.63) is 28.2 Å². The molecule has 0 saturated heterocycles. The van der Waals surface area contributed by atoms with Crippen molar-refractivity contribution in [1.29, 1.82) is 0 Å². The van der Waals surface area contributed by atoms with Crippen LogP contribution < -0.4 is 10.1 Å². The van der Waals surface area contributed by atoms with Crippen LogP contribution in [-0.4, -0.2) is 20.3 Å². The summed E-state index contributed by atoms with van der Waals surface area (Å²) in [6.07, 6.45) is 5.53. The first-order valence-electron chi connectivity index (χ1n) is 6.54. The van der Waals surface area contributed by atoms with E-state index in [0.29, 0.717) is 0 Å². The molecule has 3 nitrogen and oxygen atoms in total. The number of hydrogen-bond donors (Lipinski definition) is 1. The molecule has 18 heavy (non-hydrogen) atoms. The largest absolute Gasteiger partial charge is 0.496 e. The fourth-order valence-electron chi connectivity index (χ4n) is 2.08. The van der Waals surface area contributed by atoms with E-state index in [9.17, 15) is 0 Å². The molecule has 4 heteroatoms. The van der Waals surface area contributed by atoms with Crippen molar-refractivity contribution >= 4 is 11.3 Å². The third-order valence-electron chi connectivity index (χ3n) is 2.99. The number of thiophene rings is 1. The van der Waals surface area contributed by atoms with E-state index < -0.39 is 0 Å². The van der Waals surface area contributed by atoms with Gasteiger partial charge in [0.15, 0.2) is 0 Å². The Morgan fingerprint density at radius 1 is 1.56 bits per heavy atom. The van der Waals surface area contributed by atoms with E-state index in [-0.39, 0.29) is 6.04 Å². The number of rotatable bonds is 6. The van der Waals surface area contributed by atoms with Crippen LogP contribution in [0.5, 0.6) is 5.75 Å². The summed E-state index contributed by atoms with van der Waals surface area (Å²) in [6.45, 7) is 3.97. The SMILES string of the molecule is CCCNC(C1=CCCCO1)c1sccc1OC. The lowest BCUT2D eigenvalue weighted by atomic mass is 10.1. The second-order valence-electron chi connectivity index (χ2n) is 4.34. The van der Waals surface area contributed by atoms with Gasteiger partial charge in [0.05, 0.1) is 18.6 Å². The van der Waals surface area contributed by atoms with Gasteiger partial charge in [-0.3, -0.25) is 0 Å². The number of methoxy groups -OCH3 is 1. The number of ether oxygens (including phenoxy) is 2. The summed E-state index contributed by atoms with van der Waals surface area (Å²) in [5, 5.41) is 5.62. The molecule has 0 fully saturated rings. The van der Waals surface area contributed by atoms with Crippen molar-refractivity contribution in [3.8, 4) is 5.75 Å². The zero-order valence-corrected chi connectivity index (χ0v) is 11.9. The third kappa shape index (κ3) is 3.06. The second kappa shape index (κ2) is 6.81. The summed E-state index contributed by atoms with van der Waals surface area (Å²) in [5.41, 5.74) is 0. The summed E-state index contributed by atoms with van der Waals surface area (Å²) >= 11 is 1.72. The van der Waals surface area contributed by atoms with Crippen molar-refractivity contribution in [2.45, 2.75) is 32.2 Å². The van der Waals surface area contributed by atoms with Crippen LogP contribution >= 0.6 is 11.3 Å². The molecular weight excluding hydrogens is 246 g/mol. The van der Waals surface area contributed by atoms with E-state index in [1.165, 1.54) is 4.88 Å². The van der Waals surface area contributed by atoms with E-state index >= 15 is 0 Å². The maximum absolute atomic E-state index is 5.81. The van der Waals surface area contributed by atoms with E-state index in [2.05, 4.69) is 23.7 Å². The summed E-state index contributed by atoms with van der Waals surface area (Å²) in [5.74, 6) is 2.00. The molecule has 0 spiro atoms. The lowest BCUT2D eigenvalue weighted by molar-refractivity contribution is 0.167. The van der Waals surface area contributed by atoms with Gasteiger partial charge in [-0.15, -0.1) is 11.3 Å². The predicted molar refractivity (Wildman–Crippen MR) is 75.2 cm³/mol. The van der Waals surface area contributed by atoms with Crippen LogP contribution in [0.2, 0.25) is 0 Å². The fraction of sp³-hybridized carbons (Fsp3) is 0.571. The standard InChI is InChI=1S/C14H21NO2S/c1-3-8-15-13(11-6-4-5-9-17-11)14-12(16-2)7-10-18-14/h6-7,10,13,15H,3-5,8-9H2,1-2H3. The zero-order valence-electron chi connectivity index (χ0n) is 11.1. The molecule has 1 N–H and O–H groups in total. The minimum absolute atomic E-state index is 0.139. The Kier molecular flexibility index (Phi) is 5.08. The van der Waals surface area contributed by atoms with Crippen LogP contribution in [0.1, 0.15) is 37.1 Å². The van der Waals surface area contributed by atoms with E-state index in [1.54, 1.807) is 18.4 Å². The van der Waals surface area contributed by atoms with Gasteiger partial charge in [0.25, 0.3) is 0 Å². The quantitative estimate of drug-likeness (QED) is 0.856. The molecule has 0 amide bonds. The van der Waals surface area contributed by atoms with Crippen LogP contribution in [-0.2, 0) is 4.74 Å². The van der Waals surface area contributed by atoms with Crippen LogP contribution in [0.25, 0.3) is 0 Å². The summed E-state index contributed by atoms with van der Waals surface area (Å²) in [4.78, 5) is 1.21. The van der Waals surface area contributed by atoms with Gasteiger partial charge < -0.3 is 14.8 Å². The van der Waals surface area contributed by atoms with Gasteiger partial charge in [-0.05, 0) is 43.3 Å². The molecule has 2 rings (SSSR count). The van der Waals surface area contributed by atoms with Gasteiger partial charge in [0.1, 0.15) is 17.6 Å². The van der Waals surface area contributed by atoms with Gasteiger partial charge in [-0.2, -0.15) is 0 Å². The molecule has 1 atom stereocenters. The molecule has 1 aliphatic heterocycles. The lowest BCUT2D eigenvalue weighted by Crippen LogP contribution is -2.25. The van der Waals surface area contributed by atoms with Gasteiger partial charge in [0, 0.05) is 0 Å². The Hall–Kier alpha value is -1.00. The molecule has 1 aliphatic rings. The first-order chi connectivity index (χ1) is 8.86. The van der Waals surface area contributed by atoms with Crippen molar-refractivity contribution in [3.63, 3.8) is 0 Å². The number of allylic oxidation sites excluding steroid dienone is 1. The highest BCUT2D eigenvalue weighted by atomic mass is 32.1. The summed E-state index contributed by atoms with van der Waals surface area (Å²) < 4.78 is 11.2. The van der Waals surface area contributed by atoms with Crippen molar-refractivity contribution in [1.82, 2.24) is 5.32 Å². The highest BCUT2D eigenvalue weighted by Gasteiger charge is 2.23. The first kappa shape index (κ1) is 13.4. The van der Waals surface area contributed by atoms with Crippen molar-refractivity contribution < 1.29 is 9.47 Å². The topological polar surface area (TPSA) is 30.5 Å². The van der Waals surface area contributed by atoms with E-state index in [0.717, 1.165) is 43.9 Å². The van der Waals surface area contributed by atoms with Crippen molar-refractivity contribution in [2.75, 3.05) is 20.3 Å². The van der Waals surface area contributed by atoms with Crippen LogP contribution in [0, 0.1) is 0 Å². The normalized spacial score (nSPS) is 16.9.